The van der Waals surface area contributed by atoms with Crippen molar-refractivity contribution in [2.24, 2.45) is 0 Å². The molecule has 2 aromatic carbocycles. The molecule has 0 fully saturated rings. The first-order valence-electron chi connectivity index (χ1n) is 11.1. The van der Waals surface area contributed by atoms with Gasteiger partial charge in [-0.05, 0) is 49.8 Å². The maximum absolute atomic E-state index is 14.4. The average molecular weight is 496 g/mol. The molecule has 0 aliphatic carbocycles. The molecule has 0 bridgehead atoms. The van der Waals surface area contributed by atoms with Crippen molar-refractivity contribution in [3.05, 3.63) is 76.3 Å². The van der Waals surface area contributed by atoms with Crippen LogP contribution in [0.4, 0.5) is 10.1 Å². The monoisotopic (exact) mass is 496 g/mol. The van der Waals surface area contributed by atoms with Crippen LogP contribution in [0, 0.1) is 5.82 Å². The summed E-state index contributed by atoms with van der Waals surface area (Å²) in [4.78, 5) is 37.4. The third-order valence-corrected chi connectivity index (χ3v) is 6.38. The van der Waals surface area contributed by atoms with Gasteiger partial charge in [-0.2, -0.15) is 0 Å². The van der Waals surface area contributed by atoms with Crippen LogP contribution in [0.15, 0.2) is 48.2 Å². The lowest BCUT2D eigenvalue weighted by atomic mass is 9.91. The summed E-state index contributed by atoms with van der Waals surface area (Å²) >= 11 is 0. The van der Waals surface area contributed by atoms with Gasteiger partial charge in [-0.25, -0.2) is 9.18 Å². The number of benzene rings is 2. The molecule has 188 valence electrons. The molecule has 0 unspecified atom stereocenters. The number of carbonyl (C=O) groups excluding carboxylic acids is 2. The van der Waals surface area contributed by atoms with Gasteiger partial charge in [0.15, 0.2) is 0 Å². The number of anilines is 1. The van der Waals surface area contributed by atoms with Crippen molar-refractivity contribution in [2.75, 3.05) is 12.4 Å². The molecule has 0 saturated heterocycles. The molecular formula is C26H25FN2O7. The number of hydrogen-bond acceptors (Lipinski definition) is 6. The van der Waals surface area contributed by atoms with E-state index in [1.807, 2.05) is 0 Å². The summed E-state index contributed by atoms with van der Waals surface area (Å²) in [7, 11) is 1.29. The third kappa shape index (κ3) is 4.14. The van der Waals surface area contributed by atoms with Crippen LogP contribution >= 0.6 is 0 Å². The Morgan fingerprint density at radius 1 is 1.17 bits per heavy atom. The van der Waals surface area contributed by atoms with Crippen molar-refractivity contribution >= 4 is 34.6 Å². The van der Waals surface area contributed by atoms with Gasteiger partial charge in [-0.1, -0.05) is 19.1 Å². The fourth-order valence-electron chi connectivity index (χ4n) is 4.20. The van der Waals surface area contributed by atoms with E-state index >= 15 is 0 Å². The maximum Gasteiger partial charge on any atom is 0.338 e. The summed E-state index contributed by atoms with van der Waals surface area (Å²) in [6.07, 6.45) is 1.58. The Bertz CT molecular complexity index is 1360. The highest BCUT2D eigenvalue weighted by Gasteiger charge is 2.39. The van der Waals surface area contributed by atoms with Crippen molar-refractivity contribution in [2.45, 2.75) is 38.7 Å². The van der Waals surface area contributed by atoms with Crippen molar-refractivity contribution in [3.8, 4) is 0 Å². The number of nitrogens with zero attached hydrogens (tertiary/aromatic N) is 1. The second kappa shape index (κ2) is 8.58. The Hall–Kier alpha value is -4.02. The SMILES string of the molecule is CCC(O)(O)N(C)C(=O)c1ccc(C2=C/C(=C3\C(=O)Nc4cc(C(=O)O)c(F)cc43)OC2(C)C)cc1. The molecule has 4 rings (SSSR count). The van der Waals surface area contributed by atoms with Crippen molar-refractivity contribution in [1.82, 2.24) is 4.90 Å². The molecular weight excluding hydrogens is 471 g/mol. The Morgan fingerprint density at radius 3 is 2.39 bits per heavy atom. The zero-order valence-corrected chi connectivity index (χ0v) is 20.0. The smallest absolute Gasteiger partial charge is 0.338 e. The number of rotatable bonds is 5. The molecule has 36 heavy (non-hydrogen) atoms. The summed E-state index contributed by atoms with van der Waals surface area (Å²) in [5, 5.41) is 31.6. The van der Waals surface area contributed by atoms with Crippen LogP contribution in [0.25, 0.3) is 11.1 Å². The maximum atomic E-state index is 14.4. The first-order chi connectivity index (χ1) is 16.8. The summed E-state index contributed by atoms with van der Waals surface area (Å²) in [6.45, 7) is 5.11. The zero-order valence-electron chi connectivity index (χ0n) is 20.0. The largest absolute Gasteiger partial charge is 0.482 e. The van der Waals surface area contributed by atoms with Crippen LogP contribution in [-0.4, -0.2) is 56.6 Å². The quantitative estimate of drug-likeness (QED) is 0.369. The van der Waals surface area contributed by atoms with Gasteiger partial charge in [-0.3, -0.25) is 14.5 Å². The second-order valence-corrected chi connectivity index (χ2v) is 9.12. The van der Waals surface area contributed by atoms with Crippen LogP contribution in [0.5, 0.6) is 0 Å². The second-order valence-electron chi connectivity index (χ2n) is 9.12. The van der Waals surface area contributed by atoms with E-state index in [4.69, 9.17) is 9.84 Å². The van der Waals surface area contributed by atoms with E-state index in [9.17, 15) is 29.0 Å². The minimum atomic E-state index is -2.27. The topological polar surface area (TPSA) is 136 Å². The molecule has 0 atom stereocenters. The predicted octanol–water partition coefficient (Wildman–Crippen LogP) is 3.20. The fourth-order valence-corrected chi connectivity index (χ4v) is 4.20. The number of carboxylic acids is 1. The number of amides is 2. The highest BCUT2D eigenvalue weighted by atomic mass is 19.1. The standard InChI is InChI=1S/C26H25FN2O7/c1-5-26(34,35)29(4)23(31)14-8-6-13(7-9-14)17-12-20(36-25(17,2)3)21-16-10-18(27)15(24(32)33)11-19(16)28-22(21)30/h6-12,34-35H,5H2,1-4H3,(H,28,30)(H,32,33)/b21-20+. The van der Waals surface area contributed by atoms with E-state index in [0.717, 1.165) is 17.0 Å². The molecule has 4 N–H and O–H groups in total. The molecule has 0 aromatic heterocycles. The number of carbonyl (C=O) groups is 3. The van der Waals surface area contributed by atoms with Gasteiger partial charge >= 0.3 is 5.97 Å². The first kappa shape index (κ1) is 25.1. The van der Waals surface area contributed by atoms with Crippen molar-refractivity contribution in [3.63, 3.8) is 0 Å². The summed E-state index contributed by atoms with van der Waals surface area (Å²) in [5.74, 6) is -5.62. The Balaban J connectivity index is 1.72. The minimum absolute atomic E-state index is 0.0680. The number of halogens is 1. The Labute approximate surface area is 206 Å². The lowest BCUT2D eigenvalue weighted by Crippen LogP contribution is -2.49. The van der Waals surface area contributed by atoms with E-state index in [0.29, 0.717) is 11.1 Å². The Morgan fingerprint density at radius 2 is 1.81 bits per heavy atom. The molecule has 2 aliphatic rings. The van der Waals surface area contributed by atoms with E-state index in [2.05, 4.69) is 5.32 Å². The summed E-state index contributed by atoms with van der Waals surface area (Å²) < 4.78 is 20.4. The highest BCUT2D eigenvalue weighted by molar-refractivity contribution is 6.32. The minimum Gasteiger partial charge on any atom is -0.482 e. The lowest BCUT2D eigenvalue weighted by molar-refractivity contribution is -0.239. The first-order valence-corrected chi connectivity index (χ1v) is 11.1. The lowest BCUT2D eigenvalue weighted by Gasteiger charge is -2.31. The van der Waals surface area contributed by atoms with Crippen LogP contribution < -0.4 is 5.32 Å². The van der Waals surface area contributed by atoms with Crippen LogP contribution in [0.1, 0.15) is 59.0 Å². The third-order valence-electron chi connectivity index (χ3n) is 6.38. The normalized spacial score (nSPS) is 18.3. The van der Waals surface area contributed by atoms with Gasteiger partial charge < -0.3 is 25.4 Å². The number of carboxylic acid groups (broad SMARTS) is 1. The molecule has 0 spiro atoms. The molecule has 10 heteroatoms. The van der Waals surface area contributed by atoms with Gasteiger partial charge in [0, 0.05) is 30.2 Å². The molecule has 0 saturated carbocycles. The number of fused-ring (bicyclic) bond motifs is 1. The number of aromatic carboxylic acids is 1. The number of nitrogens with one attached hydrogen (secondary N) is 1. The molecule has 2 heterocycles. The number of aliphatic hydroxyl groups is 2. The molecule has 2 aromatic rings. The fraction of sp³-hybridized carbons (Fsp3) is 0.269. The van der Waals surface area contributed by atoms with E-state index in [1.165, 1.54) is 14.0 Å². The predicted molar refractivity (Wildman–Crippen MR) is 128 cm³/mol. The van der Waals surface area contributed by atoms with Crippen LogP contribution in [0.2, 0.25) is 0 Å². The highest BCUT2D eigenvalue weighted by Crippen LogP contribution is 2.44. The van der Waals surface area contributed by atoms with E-state index < -0.39 is 40.7 Å². The van der Waals surface area contributed by atoms with Gasteiger partial charge in [0.05, 0.1) is 16.8 Å². The van der Waals surface area contributed by atoms with Gasteiger partial charge in [0.25, 0.3) is 11.8 Å². The van der Waals surface area contributed by atoms with Crippen molar-refractivity contribution in [1.29, 1.82) is 0 Å². The van der Waals surface area contributed by atoms with Crippen LogP contribution in [-0.2, 0) is 9.53 Å². The number of ether oxygens (including phenoxy) is 1. The molecule has 2 aliphatic heterocycles. The van der Waals surface area contributed by atoms with Crippen LogP contribution in [0.3, 0.4) is 0 Å². The van der Waals surface area contributed by atoms with E-state index in [1.54, 1.807) is 44.2 Å². The summed E-state index contributed by atoms with van der Waals surface area (Å²) in [6, 6.07) is 8.51. The van der Waals surface area contributed by atoms with Crippen molar-refractivity contribution < 1.29 is 38.8 Å². The van der Waals surface area contributed by atoms with Gasteiger partial charge in [-0.15, -0.1) is 0 Å². The number of allylic oxidation sites excluding steroid dienone is 1. The summed E-state index contributed by atoms with van der Waals surface area (Å²) in [5.41, 5.74) is 0.633. The van der Waals surface area contributed by atoms with Gasteiger partial charge in [0.2, 0.25) is 5.91 Å². The molecule has 0 radical (unpaired) electrons. The van der Waals surface area contributed by atoms with E-state index in [-0.39, 0.29) is 34.6 Å². The number of hydrogen-bond donors (Lipinski definition) is 4. The molecule has 2 amide bonds. The zero-order chi connectivity index (χ0) is 26.6. The van der Waals surface area contributed by atoms with Gasteiger partial charge in [0.1, 0.15) is 17.2 Å². The Kier molecular flexibility index (Phi) is 5.98. The average Bonchev–Trinajstić information content (AvgIpc) is 3.31. The molecule has 9 nitrogen and oxygen atoms in total.